The molecule has 0 spiro atoms. The molecule has 7 N–H and O–H groups in total. The molecule has 15 heteroatoms. The van der Waals surface area contributed by atoms with Gasteiger partial charge in [-0.15, -0.1) is 0 Å². The van der Waals surface area contributed by atoms with Crippen LogP contribution in [0.3, 0.4) is 0 Å². The van der Waals surface area contributed by atoms with Gasteiger partial charge in [-0.1, -0.05) is 0 Å². The Labute approximate surface area is 156 Å². The number of amides is 1. The molecule has 4 atom stereocenters. The summed E-state index contributed by atoms with van der Waals surface area (Å²) >= 11 is 0. The first-order chi connectivity index (χ1) is 13.0. The summed E-state index contributed by atoms with van der Waals surface area (Å²) in [5.74, 6) is -4.05. The number of aliphatic hydroxyl groups is 5. The van der Waals surface area contributed by atoms with Gasteiger partial charge in [0, 0.05) is 7.05 Å². The van der Waals surface area contributed by atoms with Crippen molar-refractivity contribution >= 4 is 17.8 Å². The molecule has 1 amide bonds. The van der Waals surface area contributed by atoms with Crippen molar-refractivity contribution in [3.63, 3.8) is 0 Å². The van der Waals surface area contributed by atoms with E-state index in [1.54, 1.807) is 5.48 Å². The van der Waals surface area contributed by atoms with Crippen LogP contribution in [0.25, 0.3) is 0 Å². The zero-order chi connectivity index (χ0) is 21.6. The van der Waals surface area contributed by atoms with Crippen molar-refractivity contribution in [3.8, 4) is 0 Å². The van der Waals surface area contributed by atoms with Crippen LogP contribution >= 0.6 is 0 Å². The van der Waals surface area contributed by atoms with E-state index < -0.39 is 74.2 Å². The van der Waals surface area contributed by atoms with Crippen molar-refractivity contribution in [1.82, 2.24) is 15.7 Å². The average Bonchev–Trinajstić information content (AvgIpc) is 2.64. The third-order valence-electron chi connectivity index (χ3n) is 3.95. The number of aliphatic imine (C=N–C) groups is 1. The highest BCUT2D eigenvalue weighted by Gasteiger charge is 2.49. The van der Waals surface area contributed by atoms with Crippen LogP contribution in [0.1, 0.15) is 0 Å². The molecular formula is C13H21F3N4O8. The lowest BCUT2D eigenvalue weighted by molar-refractivity contribution is -0.204. The molecule has 12 nitrogen and oxygen atoms in total. The van der Waals surface area contributed by atoms with E-state index in [4.69, 9.17) is 0 Å². The third kappa shape index (κ3) is 5.41. The summed E-state index contributed by atoms with van der Waals surface area (Å²) in [6.45, 7) is -2.44. The molecule has 1 rings (SSSR count). The number of guanidine groups is 1. The predicted molar refractivity (Wildman–Crippen MR) is 83.3 cm³/mol. The van der Waals surface area contributed by atoms with Crippen LogP contribution in [0.5, 0.6) is 0 Å². The van der Waals surface area contributed by atoms with Crippen molar-refractivity contribution in [2.24, 2.45) is 4.99 Å². The molecule has 0 bridgehead atoms. The van der Waals surface area contributed by atoms with Gasteiger partial charge in [-0.2, -0.15) is 18.7 Å². The van der Waals surface area contributed by atoms with E-state index in [9.17, 15) is 48.3 Å². The fourth-order valence-electron chi connectivity index (χ4n) is 2.54. The average molecular weight is 418 g/mol. The molecule has 0 aliphatic carbocycles. The summed E-state index contributed by atoms with van der Waals surface area (Å²) < 4.78 is 36.2. The van der Waals surface area contributed by atoms with E-state index in [0.29, 0.717) is 0 Å². The minimum absolute atomic E-state index is 0.537. The van der Waals surface area contributed by atoms with Crippen molar-refractivity contribution in [2.75, 3.05) is 26.8 Å². The quantitative estimate of drug-likeness (QED) is 0.134. The Kier molecular flexibility index (Phi) is 8.37. The van der Waals surface area contributed by atoms with Crippen molar-refractivity contribution < 1.29 is 53.1 Å². The molecule has 162 valence electrons. The number of piperidine rings is 1. The monoisotopic (exact) mass is 418 g/mol. The lowest BCUT2D eigenvalue weighted by Crippen LogP contribution is -2.69. The number of rotatable bonds is 4. The molecule has 1 saturated heterocycles. The van der Waals surface area contributed by atoms with Gasteiger partial charge in [-0.25, -0.2) is 9.79 Å². The van der Waals surface area contributed by atoms with Crippen LogP contribution in [0.4, 0.5) is 13.2 Å². The number of alkyl halides is 3. The zero-order valence-electron chi connectivity index (χ0n) is 14.5. The second kappa shape index (κ2) is 9.83. The van der Waals surface area contributed by atoms with Gasteiger partial charge < -0.3 is 40.6 Å². The standard InChI is InChI=1S/C13H21F3N4O8/c1-17-12(19-28-11(27)13(14,15)16)18-2-7(23)20-5(3-21)8(24)10(26)9(25)6(20)4-22/h5-6,8-10,21-22,24-26H,2-4H2,1H3,(H2,17,18,19)/t5-,6-,8-,9-/m1/s1. The number of hydroxylamine groups is 1. The molecule has 0 aromatic heterocycles. The normalized spacial score (nSPS) is 28.7. The van der Waals surface area contributed by atoms with Gasteiger partial charge in [0.25, 0.3) is 0 Å². The summed E-state index contributed by atoms with van der Waals surface area (Å²) in [4.78, 5) is 31.1. The summed E-state index contributed by atoms with van der Waals surface area (Å²) in [5.41, 5.74) is 1.57. The highest BCUT2D eigenvalue weighted by Crippen LogP contribution is 2.24. The lowest BCUT2D eigenvalue weighted by atomic mass is 9.88. The number of carbonyl (C=O) groups is 2. The Morgan fingerprint density at radius 1 is 1.07 bits per heavy atom. The smallest absolute Gasteiger partial charge is 0.394 e. The van der Waals surface area contributed by atoms with E-state index in [0.717, 1.165) is 4.90 Å². The summed E-state index contributed by atoms with van der Waals surface area (Å²) in [6.07, 6.45) is -10.5. The minimum Gasteiger partial charge on any atom is -0.394 e. The Bertz CT molecular complexity index is 573. The molecule has 28 heavy (non-hydrogen) atoms. The third-order valence-corrected chi connectivity index (χ3v) is 3.95. The van der Waals surface area contributed by atoms with Crippen molar-refractivity contribution in [2.45, 2.75) is 36.6 Å². The molecular weight excluding hydrogens is 397 g/mol. The van der Waals surface area contributed by atoms with Crippen molar-refractivity contribution in [3.05, 3.63) is 0 Å². The van der Waals surface area contributed by atoms with Crippen LogP contribution in [-0.2, 0) is 14.4 Å². The highest BCUT2D eigenvalue weighted by molar-refractivity contribution is 5.86. The van der Waals surface area contributed by atoms with Crippen LogP contribution in [0.15, 0.2) is 4.99 Å². The Morgan fingerprint density at radius 2 is 1.57 bits per heavy atom. The number of likely N-dealkylation sites (tertiary alicyclic amines) is 1. The van der Waals surface area contributed by atoms with Gasteiger partial charge in [-0.3, -0.25) is 4.79 Å². The zero-order valence-corrected chi connectivity index (χ0v) is 14.5. The molecule has 1 fully saturated rings. The van der Waals surface area contributed by atoms with Crippen LogP contribution in [0.2, 0.25) is 0 Å². The molecule has 0 saturated carbocycles. The predicted octanol–water partition coefficient (Wildman–Crippen LogP) is -4.18. The molecule has 1 heterocycles. The summed E-state index contributed by atoms with van der Waals surface area (Å²) in [6, 6.07) is -2.76. The molecule has 0 radical (unpaired) electrons. The van der Waals surface area contributed by atoms with Gasteiger partial charge >= 0.3 is 12.1 Å². The fraction of sp³-hybridized carbons (Fsp3) is 0.769. The molecule has 0 unspecified atom stereocenters. The number of nitrogens with one attached hydrogen (secondary N) is 2. The number of halogens is 3. The highest BCUT2D eigenvalue weighted by atomic mass is 19.4. The largest absolute Gasteiger partial charge is 0.493 e. The number of carbonyl (C=O) groups excluding carboxylic acids is 2. The van der Waals surface area contributed by atoms with Crippen molar-refractivity contribution in [1.29, 1.82) is 0 Å². The summed E-state index contributed by atoms with van der Waals surface area (Å²) in [7, 11) is 1.19. The molecule has 1 aliphatic heterocycles. The minimum atomic E-state index is -5.26. The van der Waals surface area contributed by atoms with Gasteiger partial charge in [0.1, 0.15) is 24.9 Å². The summed E-state index contributed by atoms with van der Waals surface area (Å²) in [5, 5.41) is 50.6. The van der Waals surface area contributed by atoms with Gasteiger partial charge in [-0.05, 0) is 0 Å². The van der Waals surface area contributed by atoms with Gasteiger partial charge in [0.15, 0.2) is 0 Å². The van der Waals surface area contributed by atoms with Gasteiger partial charge in [0.05, 0.1) is 25.3 Å². The van der Waals surface area contributed by atoms with E-state index in [1.807, 2.05) is 0 Å². The maximum atomic E-state index is 12.4. The number of hydrogen-bond acceptors (Lipinski definition) is 9. The Morgan fingerprint density at radius 3 is 1.96 bits per heavy atom. The van der Waals surface area contributed by atoms with E-state index in [-0.39, 0.29) is 0 Å². The number of hydrogen-bond donors (Lipinski definition) is 7. The second-order valence-electron chi connectivity index (χ2n) is 5.68. The van der Waals surface area contributed by atoms with Crippen LogP contribution in [-0.4, -0.2) is 112 Å². The SMILES string of the molecule is CNC(=NCC(=O)N1[C@H](CO)[C@@H](O)C(O)[C@H](O)[C@H]1CO)NOC(=O)C(F)(F)F. The van der Waals surface area contributed by atoms with E-state index >= 15 is 0 Å². The first kappa shape index (κ1) is 23.8. The Hall–Kier alpha value is -2.20. The Balaban J connectivity index is 2.89. The topological polar surface area (TPSA) is 184 Å². The maximum Gasteiger partial charge on any atom is 0.493 e. The molecule has 0 aromatic rings. The van der Waals surface area contributed by atoms with Crippen LogP contribution in [0, 0.1) is 0 Å². The van der Waals surface area contributed by atoms with Crippen LogP contribution < -0.4 is 10.8 Å². The lowest BCUT2D eigenvalue weighted by Gasteiger charge is -2.48. The first-order valence-electron chi connectivity index (χ1n) is 7.82. The number of nitrogens with zero attached hydrogens (tertiary/aromatic N) is 2. The second-order valence-corrected chi connectivity index (χ2v) is 5.68. The first-order valence-corrected chi connectivity index (χ1v) is 7.82. The molecule has 1 aliphatic rings. The number of aliphatic hydroxyl groups excluding tert-OH is 5. The van der Waals surface area contributed by atoms with E-state index in [1.165, 1.54) is 7.05 Å². The molecule has 0 aromatic carbocycles. The van der Waals surface area contributed by atoms with Gasteiger partial charge in [0.2, 0.25) is 11.9 Å². The van der Waals surface area contributed by atoms with E-state index in [2.05, 4.69) is 15.1 Å². The fourth-order valence-corrected chi connectivity index (χ4v) is 2.54. The maximum absolute atomic E-state index is 12.4.